The van der Waals surface area contributed by atoms with E-state index in [0.717, 1.165) is 28.2 Å². The van der Waals surface area contributed by atoms with Crippen LogP contribution in [0, 0.1) is 13.8 Å². The Hall–Kier alpha value is -2.83. The van der Waals surface area contributed by atoms with Gasteiger partial charge in [0, 0.05) is 6.04 Å². The molecular formula is C18H23N3O4. The normalized spacial score (nSPS) is 11.7. The van der Waals surface area contributed by atoms with Crippen LogP contribution in [-0.4, -0.2) is 35.7 Å². The second-order valence-corrected chi connectivity index (χ2v) is 6.00. The van der Waals surface area contributed by atoms with E-state index >= 15 is 0 Å². The first-order valence-corrected chi connectivity index (χ1v) is 7.91. The summed E-state index contributed by atoms with van der Waals surface area (Å²) in [5.74, 6) is -1.31. The minimum Gasteiger partial charge on any atom is -0.466 e. The zero-order valence-corrected chi connectivity index (χ0v) is 15.3. The van der Waals surface area contributed by atoms with Crippen molar-refractivity contribution in [3.05, 3.63) is 35.3 Å². The van der Waals surface area contributed by atoms with Crippen molar-refractivity contribution >= 4 is 28.7 Å². The predicted octanol–water partition coefficient (Wildman–Crippen LogP) is 2.88. The number of rotatable bonds is 5. The molecule has 1 aromatic carbocycles. The van der Waals surface area contributed by atoms with Gasteiger partial charge < -0.3 is 19.4 Å². The van der Waals surface area contributed by atoms with Crippen LogP contribution in [0.25, 0.3) is 11.0 Å². The van der Waals surface area contributed by atoms with E-state index in [4.69, 9.17) is 4.74 Å². The molecule has 0 aliphatic rings. The summed E-state index contributed by atoms with van der Waals surface area (Å²) in [6, 6.07) is 2.30. The highest BCUT2D eigenvalue weighted by Crippen LogP contribution is 2.31. The topological polar surface area (TPSA) is 82.5 Å². The Kier molecular flexibility index (Phi) is 5.46. The van der Waals surface area contributed by atoms with Gasteiger partial charge in [-0.3, -0.25) is 0 Å². The molecule has 0 aliphatic heterocycles. The molecule has 7 heteroatoms. The molecule has 0 atom stereocenters. The summed E-state index contributed by atoms with van der Waals surface area (Å²) < 4.78 is 11.4. The molecule has 0 radical (unpaired) electrons. The van der Waals surface area contributed by atoms with Crippen molar-refractivity contribution < 1.29 is 19.1 Å². The lowest BCUT2D eigenvalue weighted by atomic mass is 10.1. The van der Waals surface area contributed by atoms with Gasteiger partial charge in [0.25, 0.3) is 0 Å². The zero-order chi connectivity index (χ0) is 18.7. The van der Waals surface area contributed by atoms with Crippen LogP contribution in [-0.2, 0) is 19.1 Å². The van der Waals surface area contributed by atoms with Gasteiger partial charge in [-0.15, -0.1) is 0 Å². The number of benzene rings is 1. The van der Waals surface area contributed by atoms with Crippen LogP contribution >= 0.6 is 0 Å². The summed E-state index contributed by atoms with van der Waals surface area (Å²) in [6.07, 6.45) is 2.83. The van der Waals surface area contributed by atoms with E-state index < -0.39 is 11.9 Å². The summed E-state index contributed by atoms with van der Waals surface area (Å²) in [4.78, 5) is 28.1. The zero-order valence-electron chi connectivity index (χ0n) is 15.3. The van der Waals surface area contributed by atoms with E-state index in [2.05, 4.69) is 39.5 Å². The number of carbonyl (C=O) groups is 2. The third kappa shape index (κ3) is 3.65. The van der Waals surface area contributed by atoms with E-state index in [9.17, 15) is 9.59 Å². The Morgan fingerprint density at radius 1 is 1.24 bits per heavy atom. The SMILES string of the molecule is COC(=O)/C=C(/Nc1c(C)c(C)cc2c1ncn2C(C)C)C(=O)OC. The minimum absolute atomic E-state index is 0.0107. The Balaban J connectivity index is 2.62. The molecule has 1 N–H and O–H groups in total. The number of nitrogens with one attached hydrogen (secondary N) is 1. The monoisotopic (exact) mass is 345 g/mol. The fourth-order valence-electron chi connectivity index (χ4n) is 2.53. The molecule has 0 aliphatic carbocycles. The molecule has 0 fully saturated rings. The number of hydrogen-bond acceptors (Lipinski definition) is 6. The molecule has 1 heterocycles. The molecule has 0 amide bonds. The first-order chi connectivity index (χ1) is 11.8. The van der Waals surface area contributed by atoms with E-state index in [1.165, 1.54) is 14.2 Å². The molecule has 7 nitrogen and oxygen atoms in total. The number of carbonyl (C=O) groups excluding carboxylic acids is 2. The number of anilines is 1. The van der Waals surface area contributed by atoms with Gasteiger partial charge in [0.1, 0.15) is 11.2 Å². The molecule has 2 rings (SSSR count). The van der Waals surface area contributed by atoms with Crippen molar-refractivity contribution in [2.24, 2.45) is 0 Å². The van der Waals surface area contributed by atoms with Gasteiger partial charge in [0.05, 0.1) is 37.8 Å². The van der Waals surface area contributed by atoms with Crippen LogP contribution in [0.4, 0.5) is 5.69 Å². The molecule has 134 valence electrons. The van der Waals surface area contributed by atoms with Gasteiger partial charge in [0.2, 0.25) is 0 Å². The van der Waals surface area contributed by atoms with Crippen LogP contribution in [0.2, 0.25) is 0 Å². The smallest absolute Gasteiger partial charge is 0.354 e. The summed E-state index contributed by atoms with van der Waals surface area (Å²) in [7, 11) is 2.50. The van der Waals surface area contributed by atoms with Crippen molar-refractivity contribution in [3.63, 3.8) is 0 Å². The summed E-state index contributed by atoms with van der Waals surface area (Å²) in [5.41, 5.74) is 4.29. The van der Waals surface area contributed by atoms with Gasteiger partial charge in [-0.05, 0) is 44.9 Å². The summed E-state index contributed by atoms with van der Waals surface area (Å²) in [5, 5.41) is 3.01. The lowest BCUT2D eigenvalue weighted by molar-refractivity contribution is -0.138. The van der Waals surface area contributed by atoms with Gasteiger partial charge in [-0.2, -0.15) is 0 Å². The van der Waals surface area contributed by atoms with E-state index in [0.29, 0.717) is 5.69 Å². The highest BCUT2D eigenvalue weighted by molar-refractivity contribution is 6.02. The molecule has 0 saturated heterocycles. The first-order valence-electron chi connectivity index (χ1n) is 7.91. The fraction of sp³-hybridized carbons (Fsp3) is 0.389. The van der Waals surface area contributed by atoms with Crippen molar-refractivity contribution in [2.75, 3.05) is 19.5 Å². The average Bonchev–Trinajstić information content (AvgIpc) is 3.00. The Bertz CT molecular complexity index is 850. The molecular weight excluding hydrogens is 322 g/mol. The van der Waals surface area contributed by atoms with Crippen molar-refractivity contribution in [2.45, 2.75) is 33.7 Å². The van der Waals surface area contributed by atoms with Crippen LogP contribution in [0.3, 0.4) is 0 Å². The average molecular weight is 345 g/mol. The maximum absolute atomic E-state index is 12.0. The van der Waals surface area contributed by atoms with E-state index in [-0.39, 0.29) is 11.7 Å². The van der Waals surface area contributed by atoms with Crippen LogP contribution in [0.5, 0.6) is 0 Å². The Morgan fingerprint density at radius 2 is 1.92 bits per heavy atom. The second kappa shape index (κ2) is 7.38. The lowest BCUT2D eigenvalue weighted by Gasteiger charge is -2.15. The Morgan fingerprint density at radius 3 is 2.48 bits per heavy atom. The highest BCUT2D eigenvalue weighted by Gasteiger charge is 2.19. The number of esters is 2. The van der Waals surface area contributed by atoms with E-state index in [1.807, 2.05) is 13.8 Å². The maximum Gasteiger partial charge on any atom is 0.354 e. The number of hydrogen-bond donors (Lipinski definition) is 1. The van der Waals surface area contributed by atoms with Crippen molar-refractivity contribution in [3.8, 4) is 0 Å². The quantitative estimate of drug-likeness (QED) is 0.663. The molecule has 1 aromatic heterocycles. The van der Waals surface area contributed by atoms with Gasteiger partial charge in [-0.25, -0.2) is 14.6 Å². The number of methoxy groups -OCH3 is 2. The van der Waals surface area contributed by atoms with Crippen LogP contribution in [0.15, 0.2) is 24.2 Å². The van der Waals surface area contributed by atoms with Gasteiger partial charge in [0.15, 0.2) is 0 Å². The summed E-state index contributed by atoms with van der Waals surface area (Å²) >= 11 is 0. The number of aromatic nitrogens is 2. The van der Waals surface area contributed by atoms with Crippen LogP contribution in [0.1, 0.15) is 31.0 Å². The fourth-order valence-corrected chi connectivity index (χ4v) is 2.53. The Labute approximate surface area is 146 Å². The largest absolute Gasteiger partial charge is 0.466 e. The number of imidazole rings is 1. The lowest BCUT2D eigenvalue weighted by Crippen LogP contribution is -2.16. The predicted molar refractivity (Wildman–Crippen MR) is 95.3 cm³/mol. The second-order valence-electron chi connectivity index (χ2n) is 6.00. The third-order valence-electron chi connectivity index (χ3n) is 4.07. The molecule has 0 spiro atoms. The van der Waals surface area contributed by atoms with Crippen molar-refractivity contribution in [1.29, 1.82) is 0 Å². The van der Waals surface area contributed by atoms with Crippen LogP contribution < -0.4 is 5.32 Å². The molecule has 0 unspecified atom stereocenters. The minimum atomic E-state index is -0.664. The number of fused-ring (bicyclic) bond motifs is 1. The summed E-state index contributed by atoms with van der Waals surface area (Å²) in [6.45, 7) is 8.05. The van der Waals surface area contributed by atoms with E-state index in [1.54, 1.807) is 6.33 Å². The molecule has 0 saturated carbocycles. The molecule has 0 bridgehead atoms. The first kappa shape index (κ1) is 18.5. The standard InChI is InChI=1S/C18H23N3O4/c1-10(2)21-9-19-17-14(21)7-11(3)12(4)16(17)20-13(18(23)25-6)8-15(22)24-5/h7-10,20H,1-6H3/b13-8+. The third-order valence-corrected chi connectivity index (χ3v) is 4.07. The maximum atomic E-state index is 12.0. The molecule has 25 heavy (non-hydrogen) atoms. The number of ether oxygens (including phenoxy) is 2. The highest BCUT2D eigenvalue weighted by atomic mass is 16.5. The van der Waals surface area contributed by atoms with Gasteiger partial charge >= 0.3 is 11.9 Å². The van der Waals surface area contributed by atoms with Crippen molar-refractivity contribution in [1.82, 2.24) is 9.55 Å². The van der Waals surface area contributed by atoms with Gasteiger partial charge in [-0.1, -0.05) is 0 Å². The molecule has 2 aromatic rings. The number of nitrogens with zero attached hydrogens (tertiary/aromatic N) is 2. The number of aryl methyl sites for hydroxylation is 1.